The van der Waals surface area contributed by atoms with Gasteiger partial charge in [0.25, 0.3) is 0 Å². The number of ether oxygens (including phenoxy) is 3. The van der Waals surface area contributed by atoms with Gasteiger partial charge in [-0.15, -0.1) is 0 Å². The molecule has 144 valence electrons. The van der Waals surface area contributed by atoms with Crippen LogP contribution >= 0.6 is 0 Å². The zero-order chi connectivity index (χ0) is 19.6. The lowest BCUT2D eigenvalue weighted by atomic mass is 10.1. The highest BCUT2D eigenvalue weighted by Gasteiger charge is 2.27. The summed E-state index contributed by atoms with van der Waals surface area (Å²) < 4.78 is 14.6. The topological polar surface area (TPSA) is 117 Å². The lowest BCUT2D eigenvalue weighted by molar-refractivity contribution is -0.142. The number of hydrogen-bond acceptors (Lipinski definition) is 7. The third kappa shape index (κ3) is 9.03. The summed E-state index contributed by atoms with van der Waals surface area (Å²) in [6.45, 7) is 5.38. The molecule has 0 heterocycles. The van der Waals surface area contributed by atoms with Crippen LogP contribution in [0.15, 0.2) is 30.3 Å². The number of hydrogen-bond donors (Lipinski definition) is 2. The Balaban J connectivity index is 2.55. The summed E-state index contributed by atoms with van der Waals surface area (Å²) in [7, 11) is 0. The van der Waals surface area contributed by atoms with Gasteiger partial charge in [-0.05, 0) is 45.7 Å². The molecule has 1 rings (SSSR count). The van der Waals surface area contributed by atoms with E-state index in [2.05, 4.69) is 10.1 Å². The van der Waals surface area contributed by atoms with Crippen molar-refractivity contribution in [2.75, 3.05) is 6.54 Å². The molecule has 0 aliphatic heterocycles. The molecule has 8 heteroatoms. The van der Waals surface area contributed by atoms with Crippen LogP contribution in [0.4, 0.5) is 9.59 Å². The molecule has 0 saturated carbocycles. The first kappa shape index (κ1) is 21.4. The SMILES string of the molecule is CC(C)(C)OC(=O)N[C@@H](CCCN)C(=O)OC(=O)OCc1ccccc1. The Hall–Kier alpha value is -2.61. The summed E-state index contributed by atoms with van der Waals surface area (Å²) in [4.78, 5) is 35.7. The molecule has 0 aromatic heterocycles. The summed E-state index contributed by atoms with van der Waals surface area (Å²) in [6, 6.07) is 7.89. The van der Waals surface area contributed by atoms with Gasteiger partial charge in [-0.1, -0.05) is 30.3 Å². The van der Waals surface area contributed by atoms with Crippen molar-refractivity contribution in [1.82, 2.24) is 5.32 Å². The highest BCUT2D eigenvalue weighted by Crippen LogP contribution is 2.09. The second-order valence-corrected chi connectivity index (χ2v) is 6.58. The van der Waals surface area contributed by atoms with Crippen LogP contribution < -0.4 is 11.1 Å². The number of carbonyl (C=O) groups is 3. The molecule has 8 nitrogen and oxygen atoms in total. The number of esters is 1. The summed E-state index contributed by atoms with van der Waals surface area (Å²) >= 11 is 0. The molecule has 26 heavy (non-hydrogen) atoms. The fourth-order valence-electron chi connectivity index (χ4n) is 1.92. The molecule has 3 N–H and O–H groups in total. The van der Waals surface area contributed by atoms with Gasteiger partial charge in [0.05, 0.1) is 0 Å². The molecule has 0 bridgehead atoms. The van der Waals surface area contributed by atoms with Crippen molar-refractivity contribution >= 4 is 18.2 Å². The number of rotatable bonds is 7. The number of nitrogens with two attached hydrogens (primary N) is 1. The van der Waals surface area contributed by atoms with Crippen LogP contribution in [-0.2, 0) is 25.6 Å². The number of amides is 1. The van der Waals surface area contributed by atoms with Crippen LogP contribution in [-0.4, -0.2) is 36.4 Å². The highest BCUT2D eigenvalue weighted by molar-refractivity contribution is 5.88. The minimum Gasteiger partial charge on any atom is -0.444 e. The van der Waals surface area contributed by atoms with E-state index in [1.165, 1.54) is 0 Å². The van der Waals surface area contributed by atoms with Crippen LogP contribution in [0, 0.1) is 0 Å². The van der Waals surface area contributed by atoms with E-state index in [-0.39, 0.29) is 13.0 Å². The van der Waals surface area contributed by atoms with Gasteiger partial charge in [0, 0.05) is 0 Å². The minimum absolute atomic E-state index is 0.0279. The maximum absolute atomic E-state index is 12.1. The van der Waals surface area contributed by atoms with Crippen LogP contribution in [0.2, 0.25) is 0 Å². The summed E-state index contributed by atoms with van der Waals surface area (Å²) in [5.74, 6) is -0.928. The van der Waals surface area contributed by atoms with Crippen molar-refractivity contribution in [3.05, 3.63) is 35.9 Å². The molecule has 0 spiro atoms. The minimum atomic E-state index is -1.14. The smallest absolute Gasteiger partial charge is 0.444 e. The zero-order valence-corrected chi connectivity index (χ0v) is 15.3. The third-order valence-electron chi connectivity index (χ3n) is 3.06. The van der Waals surface area contributed by atoms with E-state index in [0.717, 1.165) is 5.56 Å². The van der Waals surface area contributed by atoms with Crippen molar-refractivity contribution in [1.29, 1.82) is 0 Å². The Bertz CT molecular complexity index is 597. The molecule has 0 aliphatic rings. The molecule has 1 aromatic rings. The Kier molecular flexibility index (Phi) is 8.57. The van der Waals surface area contributed by atoms with E-state index in [9.17, 15) is 14.4 Å². The predicted molar refractivity (Wildman–Crippen MR) is 94.2 cm³/mol. The van der Waals surface area contributed by atoms with E-state index < -0.39 is 29.9 Å². The standard InChI is InChI=1S/C18H26N2O6/c1-18(2,3)26-16(22)20-14(10-7-11-19)15(21)25-17(23)24-12-13-8-5-4-6-9-13/h4-6,8-9,14H,7,10-12,19H2,1-3H3,(H,20,22)/t14-/m0/s1. The van der Waals surface area contributed by atoms with E-state index in [0.29, 0.717) is 13.0 Å². The van der Waals surface area contributed by atoms with Crippen LogP contribution in [0.3, 0.4) is 0 Å². The van der Waals surface area contributed by atoms with E-state index in [1.807, 2.05) is 6.07 Å². The first-order valence-corrected chi connectivity index (χ1v) is 8.33. The summed E-state index contributed by atoms with van der Waals surface area (Å²) in [6.07, 6.45) is -1.26. The van der Waals surface area contributed by atoms with Crippen molar-refractivity contribution < 1.29 is 28.6 Å². The maximum Gasteiger partial charge on any atom is 0.516 e. The van der Waals surface area contributed by atoms with Gasteiger partial charge in [-0.25, -0.2) is 14.4 Å². The predicted octanol–water partition coefficient (Wildman–Crippen LogP) is 2.50. The molecular formula is C18H26N2O6. The first-order chi connectivity index (χ1) is 12.2. The monoisotopic (exact) mass is 366 g/mol. The lowest BCUT2D eigenvalue weighted by Crippen LogP contribution is -2.45. The largest absolute Gasteiger partial charge is 0.516 e. The average Bonchev–Trinajstić information content (AvgIpc) is 2.56. The van der Waals surface area contributed by atoms with Crippen LogP contribution in [0.5, 0.6) is 0 Å². The molecule has 0 radical (unpaired) electrons. The summed E-state index contributed by atoms with van der Waals surface area (Å²) in [5.41, 5.74) is 5.47. The number of nitrogens with one attached hydrogen (secondary N) is 1. The zero-order valence-electron chi connectivity index (χ0n) is 15.3. The Morgan fingerprint density at radius 3 is 2.38 bits per heavy atom. The molecule has 0 saturated heterocycles. The lowest BCUT2D eigenvalue weighted by Gasteiger charge is -2.22. The van der Waals surface area contributed by atoms with Gasteiger partial charge >= 0.3 is 18.2 Å². The van der Waals surface area contributed by atoms with Gasteiger partial charge in [0.15, 0.2) is 0 Å². The Morgan fingerprint density at radius 1 is 1.15 bits per heavy atom. The van der Waals surface area contributed by atoms with Gasteiger partial charge in [0.1, 0.15) is 18.2 Å². The quantitative estimate of drug-likeness (QED) is 0.562. The normalized spacial score (nSPS) is 12.0. The molecule has 0 unspecified atom stereocenters. The average molecular weight is 366 g/mol. The first-order valence-electron chi connectivity index (χ1n) is 8.33. The van der Waals surface area contributed by atoms with Crippen molar-refractivity contribution in [3.63, 3.8) is 0 Å². The van der Waals surface area contributed by atoms with E-state index in [1.54, 1.807) is 45.0 Å². The van der Waals surface area contributed by atoms with Gasteiger partial charge in [0.2, 0.25) is 0 Å². The van der Waals surface area contributed by atoms with Gasteiger partial charge in [-0.2, -0.15) is 0 Å². The summed E-state index contributed by atoms with van der Waals surface area (Å²) in [5, 5.41) is 2.39. The molecule has 1 aromatic carbocycles. The molecule has 0 aliphatic carbocycles. The second kappa shape index (κ2) is 10.4. The van der Waals surface area contributed by atoms with E-state index >= 15 is 0 Å². The number of carbonyl (C=O) groups excluding carboxylic acids is 3. The second-order valence-electron chi connectivity index (χ2n) is 6.58. The van der Waals surface area contributed by atoms with Crippen molar-refractivity contribution in [2.24, 2.45) is 5.73 Å². The molecular weight excluding hydrogens is 340 g/mol. The Labute approximate surface area is 153 Å². The van der Waals surface area contributed by atoms with Gasteiger partial charge in [-0.3, -0.25) is 0 Å². The van der Waals surface area contributed by atoms with Crippen LogP contribution in [0.25, 0.3) is 0 Å². The Morgan fingerprint density at radius 2 is 1.81 bits per heavy atom. The van der Waals surface area contributed by atoms with Crippen molar-refractivity contribution in [3.8, 4) is 0 Å². The molecule has 1 amide bonds. The number of benzene rings is 1. The van der Waals surface area contributed by atoms with Gasteiger partial charge < -0.3 is 25.3 Å². The van der Waals surface area contributed by atoms with Crippen LogP contribution in [0.1, 0.15) is 39.2 Å². The maximum atomic E-state index is 12.1. The third-order valence-corrected chi connectivity index (χ3v) is 3.06. The molecule has 0 fully saturated rings. The molecule has 1 atom stereocenters. The fourth-order valence-corrected chi connectivity index (χ4v) is 1.92. The van der Waals surface area contributed by atoms with E-state index in [4.69, 9.17) is 15.2 Å². The number of alkyl carbamates (subject to hydrolysis) is 1. The van der Waals surface area contributed by atoms with Crippen molar-refractivity contribution in [2.45, 2.75) is 51.9 Å². The fraction of sp³-hybridized carbons (Fsp3) is 0.500. The highest BCUT2D eigenvalue weighted by atomic mass is 16.7.